The van der Waals surface area contributed by atoms with Crippen molar-refractivity contribution in [3.63, 3.8) is 0 Å². The Morgan fingerprint density at radius 1 is 1.50 bits per heavy atom. The van der Waals surface area contributed by atoms with Gasteiger partial charge in [0.05, 0.1) is 13.2 Å². The Bertz CT molecular complexity index is 508. The van der Waals surface area contributed by atoms with Crippen molar-refractivity contribution in [2.24, 2.45) is 5.11 Å². The van der Waals surface area contributed by atoms with Crippen molar-refractivity contribution < 1.29 is 9.53 Å². The lowest BCUT2D eigenvalue weighted by Crippen LogP contribution is -2.21. The zero-order valence-electron chi connectivity index (χ0n) is 12.2. The maximum absolute atomic E-state index is 11.4. The molecule has 0 radical (unpaired) electrons. The third-order valence-corrected chi connectivity index (χ3v) is 3.06. The lowest BCUT2D eigenvalue weighted by Gasteiger charge is -2.24. The molecule has 1 aromatic rings. The van der Waals surface area contributed by atoms with Crippen LogP contribution in [0.1, 0.15) is 45.0 Å². The Labute approximate surface area is 118 Å². The van der Waals surface area contributed by atoms with Crippen LogP contribution in [0.2, 0.25) is 0 Å². The number of carbonyl (C=O) groups excluding carboxylic acids is 1. The average Bonchev–Trinajstić information content (AvgIpc) is 2.44. The maximum Gasteiger partial charge on any atom is 0.305 e. The lowest BCUT2D eigenvalue weighted by molar-refractivity contribution is -0.143. The van der Waals surface area contributed by atoms with E-state index >= 15 is 0 Å². The number of esters is 1. The van der Waals surface area contributed by atoms with Crippen molar-refractivity contribution in [3.8, 4) is 0 Å². The van der Waals surface area contributed by atoms with E-state index in [9.17, 15) is 4.79 Å². The van der Waals surface area contributed by atoms with Gasteiger partial charge in [0.2, 0.25) is 0 Å². The highest BCUT2D eigenvalue weighted by Crippen LogP contribution is 2.27. The molecule has 20 heavy (non-hydrogen) atoms. The van der Waals surface area contributed by atoms with Gasteiger partial charge in [-0.15, -0.1) is 0 Å². The van der Waals surface area contributed by atoms with Crippen molar-refractivity contribution in [2.75, 3.05) is 6.61 Å². The fraction of sp³-hybridized carbons (Fsp3) is 0.571. The van der Waals surface area contributed by atoms with Crippen LogP contribution in [0, 0.1) is 0 Å². The van der Waals surface area contributed by atoms with Crippen LogP contribution in [-0.2, 0) is 21.5 Å². The molecule has 0 N–H and O–H groups in total. The van der Waals surface area contributed by atoms with Crippen molar-refractivity contribution in [3.05, 3.63) is 40.0 Å². The van der Waals surface area contributed by atoms with Gasteiger partial charge in [-0.25, -0.2) is 0 Å². The monoisotopic (exact) mass is 276 g/mol. The van der Waals surface area contributed by atoms with E-state index in [0.717, 1.165) is 11.4 Å². The minimum atomic E-state index is -0.237. The Hall–Kier alpha value is -2.07. The molecule has 0 aliphatic rings. The van der Waals surface area contributed by atoms with Crippen molar-refractivity contribution in [1.29, 1.82) is 0 Å². The highest BCUT2D eigenvalue weighted by atomic mass is 16.5. The van der Waals surface area contributed by atoms with Gasteiger partial charge in [-0.05, 0) is 31.0 Å². The maximum atomic E-state index is 11.4. The normalized spacial score (nSPS) is 10.8. The van der Waals surface area contributed by atoms with Gasteiger partial charge in [-0.1, -0.05) is 25.0 Å². The van der Waals surface area contributed by atoms with Crippen molar-refractivity contribution in [1.82, 2.24) is 4.98 Å². The number of hydrogen-bond donors (Lipinski definition) is 0. The van der Waals surface area contributed by atoms with Crippen molar-refractivity contribution >= 4 is 5.97 Å². The minimum absolute atomic E-state index is 0.189. The van der Waals surface area contributed by atoms with Gasteiger partial charge in [0.25, 0.3) is 0 Å². The zero-order chi connectivity index (χ0) is 15.0. The van der Waals surface area contributed by atoms with Crippen LogP contribution in [0.3, 0.4) is 0 Å². The zero-order valence-corrected chi connectivity index (χ0v) is 12.2. The summed E-state index contributed by atoms with van der Waals surface area (Å²) in [6, 6.07) is 5.63. The van der Waals surface area contributed by atoms with E-state index in [2.05, 4.69) is 15.0 Å². The molecule has 0 saturated carbocycles. The van der Waals surface area contributed by atoms with E-state index < -0.39 is 0 Å². The van der Waals surface area contributed by atoms with Gasteiger partial charge in [0, 0.05) is 28.1 Å². The summed E-state index contributed by atoms with van der Waals surface area (Å²) >= 11 is 0. The molecule has 6 nitrogen and oxygen atoms in total. The Balaban J connectivity index is 2.75. The number of azide groups is 1. The summed E-state index contributed by atoms with van der Waals surface area (Å²) in [6.45, 7) is 6.50. The number of rotatable bonds is 7. The third kappa shape index (κ3) is 4.90. The van der Waals surface area contributed by atoms with Gasteiger partial charge in [0.1, 0.15) is 0 Å². The van der Waals surface area contributed by atoms with E-state index in [4.69, 9.17) is 10.3 Å². The van der Waals surface area contributed by atoms with Crippen LogP contribution in [0.25, 0.3) is 10.4 Å². The minimum Gasteiger partial charge on any atom is -0.466 e. The summed E-state index contributed by atoms with van der Waals surface area (Å²) in [5.74, 6) is -0.189. The average molecular weight is 276 g/mol. The molecule has 0 aliphatic heterocycles. The van der Waals surface area contributed by atoms with Gasteiger partial charge in [-0.2, -0.15) is 0 Å². The fourth-order valence-corrected chi connectivity index (χ4v) is 1.82. The standard InChI is InChI=1S/C14H20N4O2/c1-4-20-13(19)8-9-14(2,3)12-7-5-6-11(17-12)10-16-18-15/h5-7H,4,8-10H2,1-3H3. The first-order valence-electron chi connectivity index (χ1n) is 6.62. The molecule has 0 spiro atoms. The Morgan fingerprint density at radius 3 is 2.90 bits per heavy atom. The molecule has 6 heteroatoms. The van der Waals surface area contributed by atoms with Crippen LogP contribution in [-0.4, -0.2) is 17.6 Å². The predicted molar refractivity (Wildman–Crippen MR) is 76.0 cm³/mol. The number of nitrogens with zero attached hydrogens (tertiary/aromatic N) is 4. The highest BCUT2D eigenvalue weighted by molar-refractivity contribution is 5.69. The summed E-state index contributed by atoms with van der Waals surface area (Å²) in [6.07, 6.45) is 1.02. The Morgan fingerprint density at radius 2 is 2.25 bits per heavy atom. The predicted octanol–water partition coefficient (Wildman–Crippen LogP) is 3.51. The number of carbonyl (C=O) groups is 1. The summed E-state index contributed by atoms with van der Waals surface area (Å²) in [4.78, 5) is 18.6. The van der Waals surface area contributed by atoms with E-state index in [1.165, 1.54) is 0 Å². The highest BCUT2D eigenvalue weighted by Gasteiger charge is 2.23. The molecule has 0 aliphatic carbocycles. The largest absolute Gasteiger partial charge is 0.466 e. The summed E-state index contributed by atoms with van der Waals surface area (Å²) < 4.78 is 4.94. The second-order valence-electron chi connectivity index (χ2n) is 5.09. The lowest BCUT2D eigenvalue weighted by atomic mass is 9.84. The van der Waals surface area contributed by atoms with Crippen LogP contribution >= 0.6 is 0 Å². The van der Waals surface area contributed by atoms with Gasteiger partial charge in [0.15, 0.2) is 0 Å². The van der Waals surface area contributed by atoms with Crippen LogP contribution in [0.4, 0.5) is 0 Å². The molecule has 0 fully saturated rings. The molecule has 0 amide bonds. The van der Waals surface area contributed by atoms with Crippen LogP contribution in [0.5, 0.6) is 0 Å². The molecule has 0 atom stereocenters. The van der Waals surface area contributed by atoms with E-state index in [1.807, 2.05) is 32.0 Å². The molecule has 0 unspecified atom stereocenters. The molecule has 0 bridgehead atoms. The second-order valence-corrected chi connectivity index (χ2v) is 5.09. The number of aromatic nitrogens is 1. The number of pyridine rings is 1. The van der Waals surface area contributed by atoms with E-state index in [1.54, 1.807) is 6.92 Å². The topological polar surface area (TPSA) is 88.0 Å². The molecule has 108 valence electrons. The SMILES string of the molecule is CCOC(=O)CCC(C)(C)c1cccc(CN=[N+]=[N-])n1. The molecular weight excluding hydrogens is 256 g/mol. The van der Waals surface area contributed by atoms with E-state index in [-0.39, 0.29) is 17.9 Å². The number of ether oxygens (including phenoxy) is 1. The van der Waals surface area contributed by atoms with Gasteiger partial charge < -0.3 is 4.74 Å². The van der Waals surface area contributed by atoms with Crippen LogP contribution < -0.4 is 0 Å². The van der Waals surface area contributed by atoms with Gasteiger partial charge in [-0.3, -0.25) is 9.78 Å². The molecule has 1 rings (SSSR count). The van der Waals surface area contributed by atoms with E-state index in [0.29, 0.717) is 19.4 Å². The van der Waals surface area contributed by atoms with Crippen molar-refractivity contribution in [2.45, 2.75) is 45.6 Å². The molecule has 0 aromatic carbocycles. The fourth-order valence-electron chi connectivity index (χ4n) is 1.82. The molecule has 0 saturated heterocycles. The molecular formula is C14H20N4O2. The Kier molecular flexibility index (Phi) is 6.00. The summed E-state index contributed by atoms with van der Waals surface area (Å²) in [5, 5.41) is 3.51. The first-order chi connectivity index (χ1) is 9.49. The summed E-state index contributed by atoms with van der Waals surface area (Å²) in [7, 11) is 0. The van der Waals surface area contributed by atoms with Gasteiger partial charge >= 0.3 is 5.97 Å². The third-order valence-electron chi connectivity index (χ3n) is 3.06. The molecule has 1 aromatic heterocycles. The van der Waals surface area contributed by atoms with Crippen LogP contribution in [0.15, 0.2) is 23.3 Å². The first kappa shape index (κ1) is 16.0. The summed E-state index contributed by atoms with van der Waals surface area (Å²) in [5.41, 5.74) is 9.70. The quantitative estimate of drug-likeness (QED) is 0.330. The number of hydrogen-bond acceptors (Lipinski definition) is 4. The second kappa shape index (κ2) is 7.50. The first-order valence-corrected chi connectivity index (χ1v) is 6.62. The molecule has 1 heterocycles. The smallest absolute Gasteiger partial charge is 0.305 e.